The van der Waals surface area contributed by atoms with E-state index in [1.165, 1.54) is 0 Å². The molecular weight excluding hydrogens is 263 g/mol. The second kappa shape index (κ2) is 4.86. The molecule has 102 valence electrons. The van der Waals surface area contributed by atoms with Gasteiger partial charge in [0.05, 0.1) is 6.61 Å². The van der Waals surface area contributed by atoms with E-state index in [0.29, 0.717) is 0 Å². The Balaban J connectivity index is 2.95. The minimum Gasteiger partial charge on any atom is -0.394 e. The molecule has 1 saturated heterocycles. The minimum atomic E-state index is -5.23. The van der Waals surface area contributed by atoms with Gasteiger partial charge in [0.25, 0.3) is 0 Å². The number of phosphoric ester groups is 1. The molecule has 1 fully saturated rings. The molecule has 1 heterocycles. The molecule has 0 unspecified atom stereocenters. The molecule has 11 heteroatoms. The van der Waals surface area contributed by atoms with Gasteiger partial charge in [-0.15, -0.1) is 0 Å². The Morgan fingerprint density at radius 2 is 1.76 bits per heavy atom. The summed E-state index contributed by atoms with van der Waals surface area (Å²) in [6.45, 7) is -0.877. The zero-order valence-electron chi connectivity index (χ0n) is 8.32. The summed E-state index contributed by atoms with van der Waals surface area (Å²) in [5, 5.41) is 46.1. The van der Waals surface area contributed by atoms with E-state index in [9.17, 15) is 25.0 Å². The molecule has 17 heavy (non-hydrogen) atoms. The highest BCUT2D eigenvalue weighted by Crippen LogP contribution is 2.44. The van der Waals surface area contributed by atoms with Gasteiger partial charge < -0.3 is 40.1 Å². The van der Waals surface area contributed by atoms with E-state index in [2.05, 4.69) is 9.26 Å². The zero-order valence-corrected chi connectivity index (χ0v) is 9.21. The molecule has 0 aromatic heterocycles. The number of rotatable bonds is 3. The van der Waals surface area contributed by atoms with Crippen molar-refractivity contribution in [3.05, 3.63) is 0 Å². The minimum absolute atomic E-state index is 0.877. The Morgan fingerprint density at radius 3 is 2.18 bits per heavy atom. The fourth-order valence-corrected chi connectivity index (χ4v) is 1.86. The van der Waals surface area contributed by atoms with Gasteiger partial charge in [0.15, 0.2) is 6.10 Å². The van der Waals surface area contributed by atoms with Gasteiger partial charge in [-0.2, -0.15) is 0 Å². The van der Waals surface area contributed by atoms with Gasteiger partial charge in [0.1, 0.15) is 18.3 Å². The van der Waals surface area contributed by atoms with Crippen LogP contribution in [0.25, 0.3) is 0 Å². The molecule has 0 aromatic rings. The molecule has 1 aliphatic rings. The van der Waals surface area contributed by atoms with Gasteiger partial charge >= 0.3 is 13.8 Å². The van der Waals surface area contributed by atoms with Crippen molar-refractivity contribution in [3.8, 4) is 0 Å². The van der Waals surface area contributed by atoms with Crippen molar-refractivity contribution in [2.45, 2.75) is 30.4 Å². The van der Waals surface area contributed by atoms with Crippen molar-refractivity contribution >= 4 is 7.82 Å². The third-order valence-corrected chi connectivity index (χ3v) is 2.68. The Labute approximate surface area is 94.9 Å². The summed E-state index contributed by atoms with van der Waals surface area (Å²) in [7, 11) is -5.23. The van der Waals surface area contributed by atoms with Crippen molar-refractivity contribution in [1.29, 1.82) is 0 Å². The van der Waals surface area contributed by atoms with Crippen LogP contribution in [0.1, 0.15) is 0 Å². The molecule has 0 radical (unpaired) electrons. The Kier molecular flexibility index (Phi) is 4.27. The van der Waals surface area contributed by atoms with Crippen molar-refractivity contribution in [2.24, 2.45) is 0 Å². The second-order valence-electron chi connectivity index (χ2n) is 3.48. The first-order chi connectivity index (χ1) is 7.60. The van der Waals surface area contributed by atoms with E-state index in [0.717, 1.165) is 0 Å². The van der Waals surface area contributed by atoms with Crippen LogP contribution in [0.2, 0.25) is 0 Å². The number of hydrogen-bond donors (Lipinski definition) is 7. The average molecular weight is 276 g/mol. The lowest BCUT2D eigenvalue weighted by atomic mass is 9.98. The Bertz CT molecular complexity index is 314. The number of aliphatic hydroxyl groups is 5. The molecule has 7 N–H and O–H groups in total. The SMILES string of the molecule is O=P(O)(O)O[C@@]1(O)O[C@H](CO)[C@@H](O)[C@H](O)[C@@H]1O. The summed E-state index contributed by atoms with van der Waals surface area (Å²) < 4.78 is 18.8. The molecular formula is C6H13O10P. The molecule has 0 aliphatic carbocycles. The zero-order chi connectivity index (χ0) is 13.4. The molecule has 1 aliphatic heterocycles. The van der Waals surface area contributed by atoms with Gasteiger partial charge in [0.2, 0.25) is 0 Å². The van der Waals surface area contributed by atoms with E-state index in [1.807, 2.05) is 0 Å². The average Bonchev–Trinajstić information content (AvgIpc) is 2.18. The van der Waals surface area contributed by atoms with Crippen LogP contribution in [0.5, 0.6) is 0 Å². The van der Waals surface area contributed by atoms with Crippen LogP contribution in [0.3, 0.4) is 0 Å². The number of ether oxygens (including phenoxy) is 1. The normalized spacial score (nSPS) is 43.7. The monoisotopic (exact) mass is 276 g/mol. The topological polar surface area (TPSA) is 177 Å². The van der Waals surface area contributed by atoms with E-state index in [-0.39, 0.29) is 0 Å². The largest absolute Gasteiger partial charge is 0.474 e. The van der Waals surface area contributed by atoms with Crippen molar-refractivity contribution in [1.82, 2.24) is 0 Å². The molecule has 0 bridgehead atoms. The first kappa shape index (κ1) is 14.9. The highest BCUT2D eigenvalue weighted by Gasteiger charge is 2.56. The van der Waals surface area contributed by atoms with Crippen molar-refractivity contribution < 1.29 is 49.1 Å². The summed E-state index contributed by atoms with van der Waals surface area (Å²) in [5.74, 6) is -3.23. The Morgan fingerprint density at radius 1 is 1.24 bits per heavy atom. The number of aliphatic hydroxyl groups excluding tert-OH is 4. The molecule has 0 spiro atoms. The van der Waals surface area contributed by atoms with Gasteiger partial charge in [-0.25, -0.2) is 9.09 Å². The number of phosphoric acid groups is 1. The molecule has 10 nitrogen and oxygen atoms in total. The fraction of sp³-hybridized carbons (Fsp3) is 1.00. The third-order valence-electron chi connectivity index (χ3n) is 2.18. The van der Waals surface area contributed by atoms with Gasteiger partial charge in [-0.3, -0.25) is 0 Å². The van der Waals surface area contributed by atoms with Crippen LogP contribution in [0.4, 0.5) is 0 Å². The first-order valence-electron chi connectivity index (χ1n) is 4.42. The smallest absolute Gasteiger partial charge is 0.394 e. The maximum absolute atomic E-state index is 10.5. The van der Waals surface area contributed by atoms with Crippen molar-refractivity contribution in [2.75, 3.05) is 6.61 Å². The lowest BCUT2D eigenvalue weighted by Gasteiger charge is -2.43. The van der Waals surface area contributed by atoms with Crippen LogP contribution < -0.4 is 0 Å². The van der Waals surface area contributed by atoms with Crippen LogP contribution in [-0.2, 0) is 13.8 Å². The van der Waals surface area contributed by atoms with Gasteiger partial charge in [0, 0.05) is 0 Å². The molecule has 0 aromatic carbocycles. The van der Waals surface area contributed by atoms with Crippen LogP contribution in [0.15, 0.2) is 0 Å². The number of hydrogen-bond acceptors (Lipinski definition) is 8. The van der Waals surface area contributed by atoms with E-state index in [4.69, 9.17) is 14.9 Å². The van der Waals surface area contributed by atoms with Crippen LogP contribution in [-0.4, -0.2) is 72.3 Å². The molecule has 5 atom stereocenters. The first-order valence-corrected chi connectivity index (χ1v) is 5.95. The maximum atomic E-state index is 10.5. The molecule has 0 saturated carbocycles. The quantitative estimate of drug-likeness (QED) is 0.200. The molecule has 0 amide bonds. The predicted molar refractivity (Wildman–Crippen MR) is 48.1 cm³/mol. The van der Waals surface area contributed by atoms with E-state index in [1.54, 1.807) is 0 Å². The lowest BCUT2D eigenvalue weighted by molar-refractivity contribution is -0.425. The highest BCUT2D eigenvalue weighted by molar-refractivity contribution is 7.46. The van der Waals surface area contributed by atoms with Crippen molar-refractivity contribution in [3.63, 3.8) is 0 Å². The van der Waals surface area contributed by atoms with Gasteiger partial charge in [-0.05, 0) is 0 Å². The Hall–Kier alpha value is -0.130. The lowest BCUT2D eigenvalue weighted by Crippen LogP contribution is -2.65. The second-order valence-corrected chi connectivity index (χ2v) is 4.64. The predicted octanol–water partition coefficient (Wildman–Crippen LogP) is -3.78. The summed E-state index contributed by atoms with van der Waals surface area (Å²) in [5.41, 5.74) is 0. The van der Waals surface area contributed by atoms with Crippen LogP contribution >= 0.6 is 7.82 Å². The van der Waals surface area contributed by atoms with Gasteiger partial charge in [-0.1, -0.05) is 0 Å². The standard InChI is InChI=1S/C6H13O10P/c7-1-2-3(8)4(9)5(10)6(11,15-2)16-17(12,13)14/h2-5,7-11H,1H2,(H2,12,13,14)/t2-,3-,4+,5+,6+/m1/s1. The summed E-state index contributed by atoms with van der Waals surface area (Å²) in [6, 6.07) is 0. The fourth-order valence-electron chi connectivity index (χ4n) is 1.37. The highest BCUT2D eigenvalue weighted by atomic mass is 31.2. The summed E-state index contributed by atoms with van der Waals surface area (Å²) in [4.78, 5) is 17.0. The summed E-state index contributed by atoms with van der Waals surface area (Å²) in [6.07, 6.45) is -7.68. The van der Waals surface area contributed by atoms with Crippen LogP contribution in [0, 0.1) is 0 Å². The molecule has 1 rings (SSSR count). The van der Waals surface area contributed by atoms with E-state index >= 15 is 0 Å². The third kappa shape index (κ3) is 3.20. The maximum Gasteiger partial charge on any atom is 0.474 e. The summed E-state index contributed by atoms with van der Waals surface area (Å²) >= 11 is 0. The van der Waals surface area contributed by atoms with E-state index < -0.39 is 44.8 Å².